The Morgan fingerprint density at radius 3 is 0.963 bits per heavy atom. The molecule has 0 saturated carbocycles. The molecule has 156 valence electrons. The number of carbonyl (C=O) groups excluding carboxylic acids is 2. The summed E-state index contributed by atoms with van der Waals surface area (Å²) in [6, 6.07) is 0. The summed E-state index contributed by atoms with van der Waals surface area (Å²) < 4.78 is 0. The first kappa shape index (κ1) is 31.2. The van der Waals surface area contributed by atoms with Gasteiger partial charge in [-0.2, -0.15) is 0 Å². The van der Waals surface area contributed by atoms with Crippen LogP contribution in [0.1, 0.15) is 0 Å². The molecule has 0 unspecified atom stereocenters. The van der Waals surface area contributed by atoms with E-state index in [1.165, 1.54) is 0 Å². The minimum Gasteiger partial charge on any atom is -0.547 e. The normalized spacial score (nSPS) is 19.6. The van der Waals surface area contributed by atoms with Crippen LogP contribution < -0.4 is 10.2 Å². The first-order valence-electron chi connectivity index (χ1n) is 6.91. The third-order valence-electron chi connectivity index (χ3n) is 2.99. The molecule has 0 aromatic rings. The van der Waals surface area contributed by atoms with Crippen molar-refractivity contribution in [1.82, 2.24) is 0 Å². The number of carboxylic acid groups (broad SMARTS) is 2. The Kier molecular flexibility index (Phi) is 17.8. The summed E-state index contributed by atoms with van der Waals surface area (Å²) in [5, 5.41) is 107. The van der Waals surface area contributed by atoms with Gasteiger partial charge in [0.15, 0.2) is 0 Å². The Balaban J connectivity index is -0.000000411. The van der Waals surface area contributed by atoms with Crippen LogP contribution in [0, 0.1) is 0 Å². The summed E-state index contributed by atoms with van der Waals surface area (Å²) in [5.41, 5.74) is 0. The fourth-order valence-electron chi connectivity index (χ4n) is 1.32. The van der Waals surface area contributed by atoms with Crippen LogP contribution in [-0.4, -0.2) is 125 Å². The first-order valence-corrected chi connectivity index (χ1v) is 6.91. The Morgan fingerprint density at radius 1 is 0.593 bits per heavy atom. The van der Waals surface area contributed by atoms with Gasteiger partial charge in [-0.25, -0.2) is 0 Å². The van der Waals surface area contributed by atoms with Crippen LogP contribution >= 0.6 is 0 Å². The number of rotatable bonds is 10. The second kappa shape index (κ2) is 15.4. The van der Waals surface area contributed by atoms with Crippen molar-refractivity contribution in [3.05, 3.63) is 0 Å². The second-order valence-corrected chi connectivity index (χ2v) is 4.99. The van der Waals surface area contributed by atoms with E-state index in [0.29, 0.717) is 0 Å². The van der Waals surface area contributed by atoms with Crippen molar-refractivity contribution in [1.29, 1.82) is 0 Å². The largest absolute Gasteiger partial charge is 2.00 e. The molecular formula is C12H22CdO14. The number of hydrogen-bond donors (Lipinski definition) is 10. The molecule has 14 nitrogen and oxygen atoms in total. The molecule has 0 spiro atoms. The van der Waals surface area contributed by atoms with Gasteiger partial charge >= 0.3 is 27.3 Å². The molecule has 0 aliphatic rings. The number of aliphatic carboxylic acids is 2. The van der Waals surface area contributed by atoms with Gasteiger partial charge < -0.3 is 70.9 Å². The zero-order valence-corrected chi connectivity index (χ0v) is 17.9. The standard InChI is InChI=1S/2C6H12O7.Cd/c2*7-1-2(8)3(9)4(10)5(11)6(12)13;/h2*2-5,7-11H,1H2,(H,12,13);/q;;+2/p-2/t2*2-,3-,4+,5-;/m11./s1. The van der Waals surface area contributed by atoms with Crippen LogP contribution in [0.5, 0.6) is 0 Å². The van der Waals surface area contributed by atoms with Crippen LogP contribution in [-0.2, 0) is 36.9 Å². The predicted octanol–water partition coefficient (Wildman–Crippen LogP) is -9.66. The minimum atomic E-state index is -2.31. The molecule has 0 aromatic carbocycles. The van der Waals surface area contributed by atoms with Crippen LogP contribution in [0.3, 0.4) is 0 Å². The third kappa shape index (κ3) is 11.1. The van der Waals surface area contributed by atoms with Crippen molar-refractivity contribution >= 4 is 11.9 Å². The van der Waals surface area contributed by atoms with Crippen molar-refractivity contribution in [3.8, 4) is 0 Å². The van der Waals surface area contributed by atoms with E-state index >= 15 is 0 Å². The van der Waals surface area contributed by atoms with Crippen LogP contribution in [0.4, 0.5) is 0 Å². The van der Waals surface area contributed by atoms with Gasteiger partial charge in [0, 0.05) is 0 Å². The van der Waals surface area contributed by atoms with Crippen LogP contribution in [0.2, 0.25) is 0 Å². The molecule has 0 fully saturated rings. The Morgan fingerprint density at radius 2 is 0.815 bits per heavy atom. The Bertz CT molecular complexity index is 385. The number of carboxylic acids is 2. The average Bonchev–Trinajstić information content (AvgIpc) is 2.62. The molecule has 8 atom stereocenters. The van der Waals surface area contributed by atoms with Crippen molar-refractivity contribution in [2.45, 2.75) is 48.8 Å². The zero-order chi connectivity index (χ0) is 21.2. The minimum absolute atomic E-state index is 0. The van der Waals surface area contributed by atoms with E-state index in [-0.39, 0.29) is 27.3 Å². The molecule has 0 aliphatic heterocycles. The van der Waals surface area contributed by atoms with Crippen molar-refractivity contribution in [2.75, 3.05) is 13.2 Å². The predicted molar refractivity (Wildman–Crippen MR) is 72.2 cm³/mol. The molecule has 10 N–H and O–H groups in total. The van der Waals surface area contributed by atoms with E-state index < -0.39 is 74.0 Å². The molecule has 0 aliphatic carbocycles. The molecule has 0 aromatic heterocycles. The molecule has 15 heteroatoms. The van der Waals surface area contributed by atoms with Gasteiger partial charge in [0.25, 0.3) is 0 Å². The summed E-state index contributed by atoms with van der Waals surface area (Å²) in [6.07, 6.45) is -16.2. The van der Waals surface area contributed by atoms with Gasteiger partial charge in [0.05, 0.1) is 25.2 Å². The monoisotopic (exact) mass is 504 g/mol. The maximum absolute atomic E-state index is 9.98. The van der Waals surface area contributed by atoms with E-state index in [0.717, 1.165) is 0 Å². The second-order valence-electron chi connectivity index (χ2n) is 4.99. The molecule has 0 heterocycles. The van der Waals surface area contributed by atoms with E-state index in [2.05, 4.69) is 0 Å². The third-order valence-corrected chi connectivity index (χ3v) is 2.99. The molecule has 0 bridgehead atoms. The molecule has 0 rings (SSSR count). The van der Waals surface area contributed by atoms with Crippen molar-refractivity contribution < 1.29 is 98.2 Å². The fourth-order valence-corrected chi connectivity index (χ4v) is 1.32. The molecule has 27 heavy (non-hydrogen) atoms. The first-order chi connectivity index (χ1) is 11.8. The maximum atomic E-state index is 9.98. The topological polar surface area (TPSA) is 283 Å². The van der Waals surface area contributed by atoms with Gasteiger partial charge in [0.1, 0.15) is 48.8 Å². The van der Waals surface area contributed by atoms with Gasteiger partial charge in [-0.1, -0.05) is 0 Å². The maximum Gasteiger partial charge on any atom is 2.00 e. The average molecular weight is 503 g/mol. The van der Waals surface area contributed by atoms with Crippen molar-refractivity contribution in [2.24, 2.45) is 0 Å². The van der Waals surface area contributed by atoms with Gasteiger partial charge in [0.2, 0.25) is 0 Å². The SMILES string of the molecule is O=C([O-])[C@H](O)[C@@H](O)[C@H](O)[C@H](O)CO.O=C([O-])[C@H](O)[C@@H](O)[C@H](O)[C@H](O)CO.[Cd+2]. The van der Waals surface area contributed by atoms with Gasteiger partial charge in [-0.15, -0.1) is 0 Å². The van der Waals surface area contributed by atoms with Gasteiger partial charge in [-0.3, -0.25) is 0 Å². The Hall–Kier alpha value is -0.538. The quantitative estimate of drug-likeness (QED) is 0.124. The van der Waals surface area contributed by atoms with E-state index in [1.54, 1.807) is 0 Å². The zero-order valence-electron chi connectivity index (χ0n) is 13.8. The van der Waals surface area contributed by atoms with Crippen LogP contribution in [0.25, 0.3) is 0 Å². The van der Waals surface area contributed by atoms with E-state index in [4.69, 9.17) is 51.1 Å². The van der Waals surface area contributed by atoms with Gasteiger partial charge in [-0.05, 0) is 0 Å². The molecule has 0 saturated heterocycles. The van der Waals surface area contributed by atoms with Crippen molar-refractivity contribution in [3.63, 3.8) is 0 Å². The summed E-state index contributed by atoms with van der Waals surface area (Å²) in [6.45, 7) is -1.73. The number of aliphatic hydroxyl groups excluding tert-OH is 10. The summed E-state index contributed by atoms with van der Waals surface area (Å²) in [4.78, 5) is 20.0. The van der Waals surface area contributed by atoms with Crippen LogP contribution in [0.15, 0.2) is 0 Å². The number of carbonyl (C=O) groups is 2. The van der Waals surface area contributed by atoms with E-state index in [1.807, 2.05) is 0 Å². The summed E-state index contributed by atoms with van der Waals surface area (Å²) in [5.74, 6) is -3.95. The summed E-state index contributed by atoms with van der Waals surface area (Å²) in [7, 11) is 0. The number of aliphatic hydroxyl groups is 10. The molecule has 0 amide bonds. The smallest absolute Gasteiger partial charge is 0.547 e. The Labute approximate surface area is 172 Å². The molecular weight excluding hydrogens is 481 g/mol. The van der Waals surface area contributed by atoms with E-state index in [9.17, 15) is 19.8 Å². The molecule has 0 radical (unpaired) electrons. The number of hydrogen-bond acceptors (Lipinski definition) is 14. The fraction of sp³-hybridized carbons (Fsp3) is 0.833. The summed E-state index contributed by atoms with van der Waals surface area (Å²) >= 11 is 0.